The molecular formula is C12H16N6O3S. The normalized spacial score (nSPS) is 12.0. The fourth-order valence-electron chi connectivity index (χ4n) is 1.78. The van der Waals surface area contributed by atoms with E-state index in [1.54, 1.807) is 30.2 Å². The number of aryl methyl sites for hydroxylation is 1. The second-order valence-electron chi connectivity index (χ2n) is 4.80. The van der Waals surface area contributed by atoms with Gasteiger partial charge in [0.05, 0.1) is 18.8 Å². The molecule has 0 aromatic carbocycles. The van der Waals surface area contributed by atoms with Crippen molar-refractivity contribution in [2.45, 2.75) is 6.54 Å². The van der Waals surface area contributed by atoms with Crippen LogP contribution in [-0.4, -0.2) is 52.6 Å². The monoisotopic (exact) mass is 324 g/mol. The molecule has 0 atom stereocenters. The molecule has 0 bridgehead atoms. The minimum Gasteiger partial charge on any atom is -0.359 e. The number of hydrogen-bond acceptors (Lipinski definition) is 6. The minimum atomic E-state index is -3.71. The quantitative estimate of drug-likeness (QED) is 0.703. The van der Waals surface area contributed by atoms with E-state index in [-0.39, 0.29) is 13.1 Å². The van der Waals surface area contributed by atoms with Crippen LogP contribution in [-0.2, 0) is 23.8 Å². The van der Waals surface area contributed by atoms with Crippen LogP contribution in [0.5, 0.6) is 0 Å². The predicted molar refractivity (Wildman–Crippen MR) is 77.3 cm³/mol. The summed E-state index contributed by atoms with van der Waals surface area (Å²) in [5.74, 6) is 0.347. The van der Waals surface area contributed by atoms with Crippen LogP contribution in [0, 0.1) is 11.3 Å². The molecule has 2 aromatic heterocycles. The highest BCUT2D eigenvalue weighted by Gasteiger charge is 2.26. The smallest absolute Gasteiger partial charge is 0.282 e. The molecule has 0 unspecified atom stereocenters. The Labute approximate surface area is 128 Å². The number of aromatic nitrogens is 3. The first-order chi connectivity index (χ1) is 10.3. The third-order valence-electron chi connectivity index (χ3n) is 2.93. The van der Waals surface area contributed by atoms with Crippen molar-refractivity contribution in [3.05, 3.63) is 24.2 Å². The van der Waals surface area contributed by atoms with E-state index >= 15 is 0 Å². The summed E-state index contributed by atoms with van der Waals surface area (Å²) in [5, 5.41) is 16.7. The van der Waals surface area contributed by atoms with Gasteiger partial charge in [-0.15, -0.1) is 0 Å². The van der Waals surface area contributed by atoms with Gasteiger partial charge in [-0.2, -0.15) is 27.4 Å². The molecule has 0 aliphatic heterocycles. The van der Waals surface area contributed by atoms with Crippen molar-refractivity contribution in [2.24, 2.45) is 7.05 Å². The van der Waals surface area contributed by atoms with E-state index in [0.717, 1.165) is 14.2 Å². The average Bonchev–Trinajstić information content (AvgIpc) is 3.07. The second kappa shape index (κ2) is 6.27. The summed E-state index contributed by atoms with van der Waals surface area (Å²) in [4.78, 5) is 0. The van der Waals surface area contributed by atoms with Crippen LogP contribution >= 0.6 is 0 Å². The third kappa shape index (κ3) is 3.33. The molecule has 9 nitrogen and oxygen atoms in total. The van der Waals surface area contributed by atoms with Crippen molar-refractivity contribution in [1.29, 1.82) is 5.26 Å². The van der Waals surface area contributed by atoms with Gasteiger partial charge >= 0.3 is 0 Å². The fraction of sp³-hybridized carbons (Fsp3) is 0.417. The van der Waals surface area contributed by atoms with Gasteiger partial charge in [-0.25, -0.2) is 0 Å². The Balaban J connectivity index is 2.22. The van der Waals surface area contributed by atoms with Gasteiger partial charge in [-0.05, 0) is 0 Å². The molecule has 2 aromatic rings. The molecular weight excluding hydrogens is 308 g/mol. The van der Waals surface area contributed by atoms with E-state index in [1.165, 1.54) is 14.1 Å². The molecule has 0 saturated carbocycles. The Bertz CT molecular complexity index is 786. The first-order valence-electron chi connectivity index (χ1n) is 6.33. The van der Waals surface area contributed by atoms with E-state index in [9.17, 15) is 8.42 Å². The first-order valence-corrected chi connectivity index (χ1v) is 7.73. The lowest BCUT2D eigenvalue weighted by atomic mass is 10.2. The molecule has 0 aliphatic carbocycles. The molecule has 0 N–H and O–H groups in total. The molecule has 0 fully saturated rings. The molecule has 0 aliphatic rings. The maximum atomic E-state index is 12.1. The molecule has 10 heteroatoms. The Hall–Kier alpha value is -2.22. The molecule has 0 spiro atoms. The van der Waals surface area contributed by atoms with Crippen molar-refractivity contribution in [3.8, 4) is 17.3 Å². The number of nitrogens with zero attached hydrogens (tertiary/aromatic N) is 6. The van der Waals surface area contributed by atoms with Crippen molar-refractivity contribution in [3.63, 3.8) is 0 Å². The SMILES string of the molecule is CN(C)S(=O)(=O)N(CC#N)Cc1cc(-c2cnn(C)c2)no1. The van der Waals surface area contributed by atoms with Gasteiger partial charge in [-0.3, -0.25) is 4.68 Å². The van der Waals surface area contributed by atoms with Crippen LogP contribution in [0.3, 0.4) is 0 Å². The van der Waals surface area contributed by atoms with Gasteiger partial charge in [-0.1, -0.05) is 5.16 Å². The fourth-order valence-corrected chi connectivity index (χ4v) is 2.75. The molecule has 2 rings (SSSR count). The zero-order chi connectivity index (χ0) is 16.3. The number of hydrogen-bond donors (Lipinski definition) is 0. The summed E-state index contributed by atoms with van der Waals surface area (Å²) in [7, 11) is 0.878. The van der Waals surface area contributed by atoms with E-state index in [2.05, 4.69) is 10.3 Å². The van der Waals surface area contributed by atoms with Crippen LogP contribution < -0.4 is 0 Å². The Morgan fingerprint density at radius 2 is 2.18 bits per heavy atom. The minimum absolute atomic E-state index is 0.0681. The van der Waals surface area contributed by atoms with Crippen molar-refractivity contribution in [2.75, 3.05) is 20.6 Å². The van der Waals surface area contributed by atoms with Gasteiger partial charge in [0.1, 0.15) is 12.2 Å². The maximum Gasteiger partial charge on any atom is 0.282 e. The summed E-state index contributed by atoms with van der Waals surface area (Å²) in [6.45, 7) is -0.342. The lowest BCUT2D eigenvalue weighted by molar-refractivity contribution is 0.324. The third-order valence-corrected chi connectivity index (χ3v) is 4.76. The summed E-state index contributed by atoms with van der Waals surface area (Å²) in [6.07, 6.45) is 3.40. The predicted octanol–water partition coefficient (Wildman–Crippen LogP) is 0.207. The van der Waals surface area contributed by atoms with Crippen LogP contribution in [0.25, 0.3) is 11.3 Å². The topological polar surface area (TPSA) is 108 Å². The zero-order valence-corrected chi connectivity index (χ0v) is 13.3. The maximum absolute atomic E-state index is 12.1. The Kier molecular flexibility index (Phi) is 4.60. The van der Waals surface area contributed by atoms with E-state index in [1.807, 2.05) is 6.07 Å². The van der Waals surface area contributed by atoms with Crippen molar-refractivity contribution in [1.82, 2.24) is 23.5 Å². The number of rotatable bonds is 6. The van der Waals surface area contributed by atoms with Gasteiger partial charge in [0.25, 0.3) is 10.2 Å². The summed E-state index contributed by atoms with van der Waals surface area (Å²) in [6, 6.07) is 3.47. The van der Waals surface area contributed by atoms with Crippen molar-refractivity contribution >= 4 is 10.2 Å². The molecule has 0 amide bonds. The number of nitriles is 1. The standard InChI is InChI=1S/C12H16N6O3S/c1-16(2)22(19,20)18(5-4-13)9-11-6-12(15-21-11)10-7-14-17(3)8-10/h6-8H,5,9H2,1-3H3. The lowest BCUT2D eigenvalue weighted by Gasteiger charge is -2.21. The summed E-state index contributed by atoms with van der Waals surface area (Å²) in [5.41, 5.74) is 1.32. The highest BCUT2D eigenvalue weighted by atomic mass is 32.2. The van der Waals surface area contributed by atoms with Gasteiger partial charge in [0.15, 0.2) is 5.76 Å². The molecule has 22 heavy (non-hydrogen) atoms. The van der Waals surface area contributed by atoms with Crippen LogP contribution in [0.15, 0.2) is 23.0 Å². The van der Waals surface area contributed by atoms with Crippen molar-refractivity contribution < 1.29 is 12.9 Å². The summed E-state index contributed by atoms with van der Waals surface area (Å²) >= 11 is 0. The van der Waals surface area contributed by atoms with Crippen LogP contribution in [0.2, 0.25) is 0 Å². The van der Waals surface area contributed by atoms with E-state index in [4.69, 9.17) is 9.78 Å². The highest BCUT2D eigenvalue weighted by molar-refractivity contribution is 7.86. The summed E-state index contributed by atoms with van der Waals surface area (Å²) < 4.78 is 33.1. The Morgan fingerprint density at radius 1 is 1.45 bits per heavy atom. The highest BCUT2D eigenvalue weighted by Crippen LogP contribution is 2.20. The van der Waals surface area contributed by atoms with E-state index in [0.29, 0.717) is 11.5 Å². The van der Waals surface area contributed by atoms with Gasteiger partial charge < -0.3 is 4.52 Å². The largest absolute Gasteiger partial charge is 0.359 e. The molecule has 0 saturated heterocycles. The first kappa shape index (κ1) is 16.2. The second-order valence-corrected chi connectivity index (χ2v) is 6.94. The Morgan fingerprint density at radius 3 is 2.73 bits per heavy atom. The van der Waals surface area contributed by atoms with Gasteiger partial charge in [0.2, 0.25) is 0 Å². The zero-order valence-electron chi connectivity index (χ0n) is 12.5. The molecule has 0 radical (unpaired) electrons. The lowest BCUT2D eigenvalue weighted by Crippen LogP contribution is -2.39. The molecule has 2 heterocycles. The van der Waals surface area contributed by atoms with E-state index < -0.39 is 10.2 Å². The average molecular weight is 324 g/mol. The van der Waals surface area contributed by atoms with Crippen LogP contribution in [0.1, 0.15) is 5.76 Å². The van der Waals surface area contributed by atoms with Crippen LogP contribution in [0.4, 0.5) is 0 Å². The molecule has 118 valence electrons. The van der Waals surface area contributed by atoms with Gasteiger partial charge in [0, 0.05) is 39.0 Å².